The minimum atomic E-state index is -1.72. The summed E-state index contributed by atoms with van der Waals surface area (Å²) in [7, 11) is 1.26. The molecular weight excluding hydrogens is 523 g/mol. The van der Waals surface area contributed by atoms with Crippen molar-refractivity contribution in [3.63, 3.8) is 0 Å². The number of phenols is 2. The van der Waals surface area contributed by atoms with Crippen LogP contribution in [0.5, 0.6) is 11.5 Å². The molecule has 186 valence electrons. The Kier molecular flexibility index (Phi) is 8.75. The third-order valence-electron chi connectivity index (χ3n) is 5.46. The summed E-state index contributed by atoms with van der Waals surface area (Å²) in [5.74, 6) is -4.27. The van der Waals surface area contributed by atoms with Crippen LogP contribution >= 0.6 is 23.1 Å². The fourth-order valence-electron chi connectivity index (χ4n) is 3.76. The van der Waals surface area contributed by atoms with Crippen LogP contribution in [0.25, 0.3) is 0 Å². The zero-order valence-corrected chi connectivity index (χ0v) is 22.9. The van der Waals surface area contributed by atoms with E-state index in [-0.39, 0.29) is 60.0 Å². The van der Waals surface area contributed by atoms with E-state index in [1.165, 1.54) is 24.5 Å². The third-order valence-corrected chi connectivity index (χ3v) is 7.71. The summed E-state index contributed by atoms with van der Waals surface area (Å²) in [6, 6.07) is 6.95. The summed E-state index contributed by atoms with van der Waals surface area (Å²) in [6.07, 6.45) is 0.0447. The van der Waals surface area contributed by atoms with Crippen molar-refractivity contribution in [1.82, 2.24) is 10.2 Å². The number of carboxylic acid groups (broad SMARTS) is 1. The van der Waals surface area contributed by atoms with Crippen molar-refractivity contribution in [2.45, 2.75) is 17.5 Å². The Labute approximate surface area is 236 Å². The number of esters is 1. The van der Waals surface area contributed by atoms with Crippen LogP contribution in [0.2, 0.25) is 0 Å². The standard InChI is InChI=1S/C22H20N2O9S2.Na.H/c1-32-22(23-16(27)8-13-3-2-6-34-13)20(31)24-17(18(28)29)12(10-35-21(22)24)9-33-19(30)11-4-5-14(25)15(26)7-11;;/h2-7,21,25-26H,8-10H2,1H3,(H,23,27)(H,28,29);;/q;+1;-1/t21-,22+;;/m0../s1. The molecule has 0 bridgehead atoms. The Morgan fingerprint density at radius 1 is 1.25 bits per heavy atom. The van der Waals surface area contributed by atoms with E-state index in [0.29, 0.717) is 0 Å². The number of hydrogen-bond donors (Lipinski definition) is 4. The number of carbonyl (C=O) groups is 4. The van der Waals surface area contributed by atoms with Crippen LogP contribution in [-0.2, 0) is 30.3 Å². The molecule has 1 aromatic heterocycles. The number of ether oxygens (including phenoxy) is 2. The van der Waals surface area contributed by atoms with Gasteiger partial charge in [-0.1, -0.05) is 6.07 Å². The first-order valence-corrected chi connectivity index (χ1v) is 12.1. The minimum absolute atomic E-state index is 0. The maximum atomic E-state index is 13.1. The molecule has 1 saturated heterocycles. The number of fused-ring (bicyclic) bond motifs is 1. The van der Waals surface area contributed by atoms with Gasteiger partial charge in [0.1, 0.15) is 17.7 Å². The van der Waals surface area contributed by atoms with E-state index in [4.69, 9.17) is 9.47 Å². The van der Waals surface area contributed by atoms with Crippen LogP contribution in [0.3, 0.4) is 0 Å². The first kappa shape index (κ1) is 28.0. The van der Waals surface area contributed by atoms with E-state index < -0.39 is 53.0 Å². The molecule has 0 spiro atoms. The van der Waals surface area contributed by atoms with Crippen molar-refractivity contribution in [2.24, 2.45) is 0 Å². The zero-order chi connectivity index (χ0) is 25.3. The Balaban J connectivity index is 0.00000241. The van der Waals surface area contributed by atoms with E-state index in [9.17, 15) is 34.5 Å². The van der Waals surface area contributed by atoms with Gasteiger partial charge in [0.05, 0.1) is 12.0 Å². The van der Waals surface area contributed by atoms with Gasteiger partial charge in [-0.15, -0.1) is 23.1 Å². The summed E-state index contributed by atoms with van der Waals surface area (Å²) < 4.78 is 10.6. The maximum absolute atomic E-state index is 13.1. The number of carbonyl (C=O) groups excluding carboxylic acids is 3. The molecule has 0 saturated carbocycles. The quantitative estimate of drug-likeness (QED) is 0.1000. The second-order valence-electron chi connectivity index (χ2n) is 7.62. The van der Waals surface area contributed by atoms with Gasteiger partial charge in [0.25, 0.3) is 11.6 Å². The fraction of sp³-hybridized carbons (Fsp3) is 0.273. The Morgan fingerprint density at radius 3 is 2.61 bits per heavy atom. The molecule has 11 nitrogen and oxygen atoms in total. The molecule has 0 aliphatic carbocycles. The van der Waals surface area contributed by atoms with Gasteiger partial charge in [0, 0.05) is 23.3 Å². The molecule has 2 atom stereocenters. The van der Waals surface area contributed by atoms with Crippen LogP contribution in [0.15, 0.2) is 47.0 Å². The van der Waals surface area contributed by atoms with Crippen LogP contribution < -0.4 is 34.9 Å². The molecule has 4 N–H and O–H groups in total. The number of β-lactam (4-membered cyclic amide) rings is 1. The maximum Gasteiger partial charge on any atom is 1.00 e. The topological polar surface area (TPSA) is 163 Å². The first-order valence-electron chi connectivity index (χ1n) is 10.2. The number of nitrogens with zero attached hydrogens (tertiary/aromatic N) is 1. The SMILES string of the molecule is CO[C@]1(NC(=O)Cc2cccs2)C(=O)N2C(C(=O)O)=C(COC(=O)c3ccc(O)c(O)c3)CS[C@H]21.[H-].[Na+]. The number of benzene rings is 1. The molecule has 4 rings (SSSR count). The van der Waals surface area contributed by atoms with E-state index in [2.05, 4.69) is 5.32 Å². The van der Waals surface area contributed by atoms with Crippen LogP contribution in [0, 0.1) is 0 Å². The number of nitrogens with one attached hydrogen (secondary N) is 1. The molecule has 2 aromatic rings. The normalized spacial score (nSPS) is 20.6. The second-order valence-corrected chi connectivity index (χ2v) is 9.72. The predicted octanol–water partition coefficient (Wildman–Crippen LogP) is -1.61. The number of aromatic hydroxyl groups is 2. The fourth-order valence-corrected chi connectivity index (χ4v) is 5.89. The average molecular weight is 545 g/mol. The van der Waals surface area contributed by atoms with Crippen molar-refractivity contribution in [2.75, 3.05) is 19.5 Å². The number of rotatable bonds is 8. The van der Waals surface area contributed by atoms with Crippen LogP contribution in [0.4, 0.5) is 0 Å². The molecular formula is C22H21N2NaO9S2. The number of thioether (sulfide) groups is 1. The van der Waals surface area contributed by atoms with Gasteiger partial charge in [-0.3, -0.25) is 14.5 Å². The number of aliphatic carboxylic acids is 1. The zero-order valence-electron chi connectivity index (χ0n) is 20.2. The number of phenolic OH excluding ortho intramolecular Hbond substituents is 2. The molecule has 2 aliphatic heterocycles. The molecule has 14 heteroatoms. The number of thiophene rings is 1. The Morgan fingerprint density at radius 2 is 2.00 bits per heavy atom. The van der Waals surface area contributed by atoms with Gasteiger partial charge in [-0.25, -0.2) is 9.59 Å². The van der Waals surface area contributed by atoms with E-state index in [0.717, 1.165) is 33.7 Å². The Bertz CT molecular complexity index is 1240. The summed E-state index contributed by atoms with van der Waals surface area (Å²) in [5, 5.41) is 32.3. The third kappa shape index (κ3) is 5.12. The molecule has 36 heavy (non-hydrogen) atoms. The second kappa shape index (κ2) is 11.2. The van der Waals surface area contributed by atoms with Crippen molar-refractivity contribution in [3.8, 4) is 11.5 Å². The molecule has 1 aromatic carbocycles. The summed E-state index contributed by atoms with van der Waals surface area (Å²) >= 11 is 2.55. The summed E-state index contributed by atoms with van der Waals surface area (Å²) in [6.45, 7) is -0.420. The van der Waals surface area contributed by atoms with E-state index >= 15 is 0 Å². The molecule has 0 radical (unpaired) electrons. The van der Waals surface area contributed by atoms with Crippen LogP contribution in [-0.4, -0.2) is 74.5 Å². The van der Waals surface area contributed by atoms with Crippen molar-refractivity contribution < 1.29 is 75.0 Å². The van der Waals surface area contributed by atoms with Gasteiger partial charge >= 0.3 is 41.5 Å². The average Bonchev–Trinajstić information content (AvgIpc) is 3.34. The van der Waals surface area contributed by atoms with Gasteiger partial charge in [-0.05, 0) is 29.6 Å². The minimum Gasteiger partial charge on any atom is -1.00 e. The largest absolute Gasteiger partial charge is 1.00 e. The van der Waals surface area contributed by atoms with Gasteiger partial charge in [0.15, 0.2) is 11.5 Å². The monoisotopic (exact) mass is 544 g/mol. The molecule has 1 fully saturated rings. The van der Waals surface area contributed by atoms with Crippen molar-refractivity contribution >= 4 is 46.9 Å². The van der Waals surface area contributed by atoms with Crippen molar-refractivity contribution in [3.05, 3.63) is 57.4 Å². The summed E-state index contributed by atoms with van der Waals surface area (Å²) in [5.41, 5.74) is -1.93. The summed E-state index contributed by atoms with van der Waals surface area (Å²) in [4.78, 5) is 51.8. The van der Waals surface area contributed by atoms with Crippen molar-refractivity contribution in [1.29, 1.82) is 0 Å². The number of methoxy groups -OCH3 is 1. The van der Waals surface area contributed by atoms with Gasteiger partial charge in [-0.2, -0.15) is 0 Å². The molecule has 3 heterocycles. The van der Waals surface area contributed by atoms with E-state index in [1.54, 1.807) is 12.1 Å². The van der Waals surface area contributed by atoms with Gasteiger partial charge < -0.3 is 31.5 Å². The van der Waals surface area contributed by atoms with Gasteiger partial charge in [0.2, 0.25) is 5.91 Å². The molecule has 2 amide bonds. The number of hydrogen-bond acceptors (Lipinski definition) is 10. The number of carboxylic acids is 1. The first-order chi connectivity index (χ1) is 16.7. The predicted molar refractivity (Wildman–Crippen MR) is 125 cm³/mol. The van der Waals surface area contributed by atoms with E-state index in [1.807, 2.05) is 5.38 Å². The van der Waals surface area contributed by atoms with Crippen LogP contribution in [0.1, 0.15) is 16.7 Å². The number of amides is 2. The molecule has 2 aliphatic rings. The Hall–Kier alpha value is -2.55. The molecule has 0 unspecified atom stereocenters. The smallest absolute Gasteiger partial charge is 1.00 e.